The van der Waals surface area contributed by atoms with Crippen molar-refractivity contribution in [2.45, 2.75) is 13.1 Å². The molecule has 1 aliphatic heterocycles. The third kappa shape index (κ3) is 3.56. The molecule has 2 aromatic carbocycles. The molecule has 0 atom stereocenters. The summed E-state index contributed by atoms with van der Waals surface area (Å²) >= 11 is 1.74. The van der Waals surface area contributed by atoms with Crippen molar-refractivity contribution >= 4 is 38.6 Å². The van der Waals surface area contributed by atoms with Crippen LogP contribution in [-0.2, 0) is 17.9 Å². The highest BCUT2D eigenvalue weighted by molar-refractivity contribution is 7.18. The van der Waals surface area contributed by atoms with Crippen LogP contribution in [0.2, 0.25) is 0 Å². The Labute approximate surface area is 170 Å². The molecule has 29 heavy (non-hydrogen) atoms. The Kier molecular flexibility index (Phi) is 4.65. The summed E-state index contributed by atoms with van der Waals surface area (Å²) < 4.78 is 7.85. The van der Waals surface area contributed by atoms with E-state index in [1.54, 1.807) is 23.5 Å². The van der Waals surface area contributed by atoms with Crippen LogP contribution in [0.3, 0.4) is 0 Å². The maximum atomic E-state index is 12.7. The number of aromatic nitrogens is 2. The number of carbonyl (C=O) groups is 1. The van der Waals surface area contributed by atoms with E-state index in [0.717, 1.165) is 30.2 Å². The molecule has 1 fully saturated rings. The van der Waals surface area contributed by atoms with E-state index in [1.165, 1.54) is 14.2 Å². The number of benzene rings is 2. The molecular weight excluding hydrogens is 388 g/mol. The summed E-state index contributed by atoms with van der Waals surface area (Å²) in [4.78, 5) is 32.8. The molecule has 0 unspecified atom stereocenters. The molecule has 2 aromatic heterocycles. The third-order valence-electron chi connectivity index (χ3n) is 5.43. The third-order valence-corrected chi connectivity index (χ3v) is 6.47. The number of fused-ring (bicyclic) bond motifs is 2. The molecule has 4 aromatic rings. The van der Waals surface area contributed by atoms with Crippen LogP contribution in [0.25, 0.3) is 21.3 Å². The first-order valence-corrected chi connectivity index (χ1v) is 10.5. The predicted molar refractivity (Wildman–Crippen MR) is 111 cm³/mol. The van der Waals surface area contributed by atoms with Crippen LogP contribution in [0.15, 0.2) is 57.7 Å². The van der Waals surface area contributed by atoms with Gasteiger partial charge in [-0.2, -0.15) is 0 Å². The first-order chi connectivity index (χ1) is 14.2. The summed E-state index contributed by atoms with van der Waals surface area (Å²) in [6.07, 6.45) is 0. The van der Waals surface area contributed by atoms with Crippen LogP contribution in [0.1, 0.15) is 5.01 Å². The van der Waals surface area contributed by atoms with Gasteiger partial charge in [0.15, 0.2) is 5.58 Å². The van der Waals surface area contributed by atoms with Crippen LogP contribution < -0.4 is 10.7 Å². The van der Waals surface area contributed by atoms with Crippen LogP contribution in [0.5, 0.6) is 0 Å². The van der Waals surface area contributed by atoms with Gasteiger partial charge in [-0.15, -0.1) is 11.3 Å². The largest absolute Gasteiger partial charge is 0.420 e. The van der Waals surface area contributed by atoms with Crippen molar-refractivity contribution in [2.75, 3.05) is 26.2 Å². The Hall–Kier alpha value is -2.97. The molecule has 3 heterocycles. The normalized spacial score (nSPS) is 15.4. The lowest BCUT2D eigenvalue weighted by atomic mass is 10.3. The molecule has 1 amide bonds. The van der Waals surface area contributed by atoms with Gasteiger partial charge < -0.3 is 14.2 Å². The molecule has 0 saturated carbocycles. The zero-order valence-electron chi connectivity index (χ0n) is 15.8. The van der Waals surface area contributed by atoms with Gasteiger partial charge in [-0.05, 0) is 24.3 Å². The number of piperazine rings is 1. The van der Waals surface area contributed by atoms with Crippen molar-refractivity contribution in [1.29, 1.82) is 0 Å². The molecule has 0 bridgehead atoms. The molecule has 5 rings (SSSR count). The lowest BCUT2D eigenvalue weighted by molar-refractivity contribution is -0.917. The average molecular weight is 409 g/mol. The molecule has 1 aliphatic rings. The zero-order valence-corrected chi connectivity index (χ0v) is 16.7. The van der Waals surface area contributed by atoms with Crippen LogP contribution in [0, 0.1) is 0 Å². The van der Waals surface area contributed by atoms with Crippen LogP contribution in [-0.4, -0.2) is 46.5 Å². The molecule has 1 saturated heterocycles. The summed E-state index contributed by atoms with van der Waals surface area (Å²) in [6, 6.07) is 15.4. The van der Waals surface area contributed by atoms with Crippen molar-refractivity contribution in [2.24, 2.45) is 0 Å². The monoisotopic (exact) mass is 409 g/mol. The SMILES string of the molecule is O=C(Cn1c(=O)oc2ccccc21)N1CC[NH+](Cc2nc3ccccc3s2)CC1. The molecule has 8 heteroatoms. The number of oxazole rings is 1. The number of thiazole rings is 1. The smallest absolute Gasteiger partial charge is 0.408 e. The first-order valence-electron chi connectivity index (χ1n) is 9.71. The minimum atomic E-state index is -0.486. The predicted octanol–water partition coefficient (Wildman–Crippen LogP) is 1.13. The van der Waals surface area contributed by atoms with Crippen LogP contribution in [0.4, 0.5) is 0 Å². The molecule has 0 aliphatic carbocycles. The van der Waals surface area contributed by atoms with Gasteiger partial charge in [-0.3, -0.25) is 9.36 Å². The van der Waals surface area contributed by atoms with Gasteiger partial charge >= 0.3 is 5.76 Å². The Morgan fingerprint density at radius 1 is 1.10 bits per heavy atom. The molecule has 1 N–H and O–H groups in total. The fraction of sp³-hybridized carbons (Fsp3) is 0.286. The molecule has 0 spiro atoms. The summed E-state index contributed by atoms with van der Waals surface area (Å²) in [6.45, 7) is 4.02. The molecular formula is C21H21N4O3S+. The highest BCUT2D eigenvalue weighted by Gasteiger charge is 2.25. The minimum Gasteiger partial charge on any atom is -0.408 e. The van der Waals surface area contributed by atoms with Crippen molar-refractivity contribution in [1.82, 2.24) is 14.5 Å². The molecule has 0 radical (unpaired) electrons. The standard InChI is InChI=1S/C21H20N4O3S/c26-20(14-25-16-6-2-3-7-17(16)28-21(25)27)24-11-9-23(10-12-24)13-19-22-15-5-1-4-8-18(15)29-19/h1-8H,9-14H2/p+1. The number of carbonyl (C=O) groups excluding carboxylic acids is 1. The summed E-state index contributed by atoms with van der Waals surface area (Å²) in [5, 5.41) is 1.14. The van der Waals surface area contributed by atoms with Gasteiger partial charge in [-0.25, -0.2) is 9.78 Å². The number of amides is 1. The van der Waals surface area contributed by atoms with Crippen molar-refractivity contribution < 1.29 is 14.1 Å². The van der Waals surface area contributed by atoms with Gasteiger partial charge in [0.05, 0.1) is 41.9 Å². The van der Waals surface area contributed by atoms with Crippen molar-refractivity contribution in [3.8, 4) is 0 Å². The number of hydrogen-bond donors (Lipinski definition) is 1. The highest BCUT2D eigenvalue weighted by Crippen LogP contribution is 2.20. The Morgan fingerprint density at radius 2 is 1.86 bits per heavy atom. The number of nitrogens with one attached hydrogen (secondary N) is 1. The fourth-order valence-corrected chi connectivity index (χ4v) is 4.90. The van der Waals surface area contributed by atoms with E-state index in [1.807, 2.05) is 35.2 Å². The highest BCUT2D eigenvalue weighted by atomic mass is 32.1. The van der Waals surface area contributed by atoms with E-state index >= 15 is 0 Å². The van der Waals surface area contributed by atoms with Crippen LogP contribution >= 0.6 is 11.3 Å². The van der Waals surface area contributed by atoms with E-state index in [4.69, 9.17) is 9.40 Å². The quantitative estimate of drug-likeness (QED) is 0.549. The number of para-hydroxylation sites is 3. The average Bonchev–Trinajstić information content (AvgIpc) is 3.28. The maximum absolute atomic E-state index is 12.7. The summed E-state index contributed by atoms with van der Waals surface area (Å²) in [5.74, 6) is -0.530. The molecule has 7 nitrogen and oxygen atoms in total. The maximum Gasteiger partial charge on any atom is 0.420 e. The second-order valence-corrected chi connectivity index (χ2v) is 8.42. The van der Waals surface area contributed by atoms with Gasteiger partial charge in [-0.1, -0.05) is 24.3 Å². The van der Waals surface area contributed by atoms with E-state index in [0.29, 0.717) is 24.2 Å². The van der Waals surface area contributed by atoms with Gasteiger partial charge in [0.1, 0.15) is 18.1 Å². The van der Waals surface area contributed by atoms with Gasteiger partial charge in [0.2, 0.25) is 5.91 Å². The second-order valence-electron chi connectivity index (χ2n) is 7.30. The number of nitrogens with zero attached hydrogens (tertiary/aromatic N) is 3. The Bertz CT molecular complexity index is 1200. The summed E-state index contributed by atoms with van der Waals surface area (Å²) in [5.41, 5.74) is 2.22. The number of hydrogen-bond acceptors (Lipinski definition) is 5. The Morgan fingerprint density at radius 3 is 2.69 bits per heavy atom. The topological polar surface area (TPSA) is 72.8 Å². The fourth-order valence-electron chi connectivity index (χ4n) is 3.86. The van der Waals surface area contributed by atoms with E-state index < -0.39 is 5.76 Å². The van der Waals surface area contributed by atoms with E-state index in [9.17, 15) is 9.59 Å². The summed E-state index contributed by atoms with van der Waals surface area (Å²) in [7, 11) is 0. The molecule has 148 valence electrons. The Balaban J connectivity index is 1.21. The van der Waals surface area contributed by atoms with Gasteiger partial charge in [0, 0.05) is 0 Å². The minimum absolute atomic E-state index is 0.0169. The lowest BCUT2D eigenvalue weighted by Crippen LogP contribution is -3.13. The second kappa shape index (κ2) is 7.46. The van der Waals surface area contributed by atoms with E-state index in [-0.39, 0.29) is 12.5 Å². The number of rotatable bonds is 4. The number of quaternary nitrogens is 1. The van der Waals surface area contributed by atoms with Gasteiger partial charge in [0.25, 0.3) is 0 Å². The van der Waals surface area contributed by atoms with Crippen molar-refractivity contribution in [3.05, 3.63) is 64.1 Å². The first kappa shape index (κ1) is 18.1. The van der Waals surface area contributed by atoms with Crippen molar-refractivity contribution in [3.63, 3.8) is 0 Å². The lowest BCUT2D eigenvalue weighted by Gasteiger charge is -2.31. The zero-order chi connectivity index (χ0) is 19.8. The van der Waals surface area contributed by atoms with E-state index in [2.05, 4.69) is 6.07 Å².